The number of amides is 10. The van der Waals surface area contributed by atoms with Crippen molar-refractivity contribution in [3.63, 3.8) is 0 Å². The molecule has 10 atom stereocenters. The molecule has 30 heteroatoms. The molecule has 10 amide bonds. The van der Waals surface area contributed by atoms with Crippen molar-refractivity contribution in [1.29, 1.82) is 0 Å². The second kappa shape index (κ2) is 32.1. The van der Waals surface area contributed by atoms with Crippen LogP contribution in [0.5, 0.6) is 5.75 Å². The highest BCUT2D eigenvalue weighted by molar-refractivity contribution is 7.98. The number of H-pyrrole nitrogens is 1. The molecular formula is C49H73N13O16S. The fraction of sp³-hybridized carbons (Fsp3) is 0.571. The summed E-state index contributed by atoms with van der Waals surface area (Å²) in [5.74, 6) is -12.4. The van der Waals surface area contributed by atoms with E-state index < -0.39 is 151 Å². The molecule has 2 heterocycles. The number of carboxylic acid groups (broad SMARTS) is 2. The second-order valence-corrected chi connectivity index (χ2v) is 20.4. The lowest BCUT2D eigenvalue weighted by atomic mass is 10.00. The number of aromatic hydroxyl groups is 1. The number of carboxylic acids is 2. The fourth-order valence-corrected chi connectivity index (χ4v) is 8.75. The van der Waals surface area contributed by atoms with E-state index in [-0.39, 0.29) is 69.6 Å². The summed E-state index contributed by atoms with van der Waals surface area (Å²) in [6.45, 7) is 4.43. The smallest absolute Gasteiger partial charge is 0.328 e. The number of rotatable bonds is 34. The maximum absolute atomic E-state index is 14.6. The van der Waals surface area contributed by atoms with Crippen molar-refractivity contribution in [3.05, 3.63) is 48.0 Å². The van der Waals surface area contributed by atoms with Crippen LogP contribution in [0.25, 0.3) is 0 Å². The Morgan fingerprint density at radius 3 is 1.81 bits per heavy atom. The van der Waals surface area contributed by atoms with Crippen LogP contribution < -0.4 is 54.4 Å². The molecule has 0 radical (unpaired) electrons. The molecule has 436 valence electrons. The average molecular weight is 1130 g/mol. The van der Waals surface area contributed by atoms with E-state index in [1.165, 1.54) is 48.6 Å². The zero-order valence-electron chi connectivity index (χ0n) is 44.2. The molecule has 1 fully saturated rings. The van der Waals surface area contributed by atoms with E-state index in [2.05, 4.69) is 41.9 Å². The van der Waals surface area contributed by atoms with E-state index in [4.69, 9.17) is 17.2 Å². The Balaban J connectivity index is 1.96. The number of phenolic OH excluding ortho intramolecular Hbond substituents is 1. The SMILES string of the molecule is CSCC[C@H](N)C(=O)N[C@@H](CCC(N)=O)C(=O)N[C@@H](Cc1cnc[nH]1)C(=O)N[C@@H](CC(C)C)C(=O)N[C@@H](CCC(=O)O)C(=O)N[C@@H](Cc1ccc(O)cc1)C(=O)N1CCC[C@H]1C(=O)N[C@@H](CC(N)=O)C(=O)N[C@H](C(=O)O)[C@@H](C)O. The summed E-state index contributed by atoms with van der Waals surface area (Å²) in [4.78, 5) is 167. The highest BCUT2D eigenvalue weighted by atomic mass is 32.2. The van der Waals surface area contributed by atoms with Gasteiger partial charge in [0.2, 0.25) is 59.1 Å². The van der Waals surface area contributed by atoms with Gasteiger partial charge in [0.1, 0.15) is 48.0 Å². The standard InChI is InChI=1S/C49H73N13O16S/c1-24(2)18-32(57-45(73)33(20-27-22-53-23-54-27)58-42(70)30(11-13-37(51)65)55-41(69)29(50)15-17-79-4)44(72)56-31(12-14-39(67)68)43(71)60-35(19-26-7-9-28(64)10-8-26)48(76)62-16-5-6-36(62)47(75)59-34(21-38(52)66)46(74)61-40(25(3)63)49(77)78/h7-10,22-25,29-36,40,63-64H,5-6,11-21,50H2,1-4H3,(H2,51,65)(H2,52,66)(H,53,54)(H,55,69)(H,56,72)(H,57,73)(H,58,70)(H,59,75)(H,60,71)(H,61,74)(H,67,68)(H,77,78)/t25-,29+,30+,31+,32+,33+,34+,35+,36+,40+/m1/s1. The number of aliphatic carboxylic acids is 2. The van der Waals surface area contributed by atoms with Crippen LogP contribution in [0.1, 0.15) is 89.8 Å². The molecule has 2 aromatic rings. The Morgan fingerprint density at radius 2 is 1.27 bits per heavy atom. The average Bonchev–Trinajstić information content (AvgIpc) is 4.09. The summed E-state index contributed by atoms with van der Waals surface area (Å²) >= 11 is 1.44. The number of nitrogens with two attached hydrogens (primary N) is 3. The number of carbonyl (C=O) groups excluding carboxylic acids is 10. The molecular weight excluding hydrogens is 1060 g/mol. The Morgan fingerprint density at radius 1 is 0.709 bits per heavy atom. The number of nitrogens with zero attached hydrogens (tertiary/aromatic N) is 2. The van der Waals surface area contributed by atoms with Crippen molar-refractivity contribution in [2.75, 3.05) is 18.6 Å². The zero-order valence-corrected chi connectivity index (χ0v) is 45.0. The van der Waals surface area contributed by atoms with Gasteiger partial charge in [0.05, 0.1) is 24.9 Å². The number of phenols is 1. The van der Waals surface area contributed by atoms with Gasteiger partial charge >= 0.3 is 11.9 Å². The van der Waals surface area contributed by atoms with Crippen LogP contribution in [0.4, 0.5) is 0 Å². The quantitative estimate of drug-likeness (QED) is 0.0317. The Hall–Kier alpha value is -7.86. The molecule has 0 aliphatic carbocycles. The van der Waals surface area contributed by atoms with Gasteiger partial charge in [0.25, 0.3) is 0 Å². The first kappa shape index (κ1) is 65.4. The predicted octanol–water partition coefficient (Wildman–Crippen LogP) is -4.12. The van der Waals surface area contributed by atoms with Crippen LogP contribution in [-0.4, -0.2) is 185 Å². The van der Waals surface area contributed by atoms with Crippen molar-refractivity contribution < 1.29 is 78.0 Å². The van der Waals surface area contributed by atoms with Crippen LogP contribution in [0, 0.1) is 5.92 Å². The minimum atomic E-state index is -1.84. The molecule has 1 aliphatic heterocycles. The molecule has 1 aromatic heterocycles. The van der Waals surface area contributed by atoms with Crippen LogP contribution in [0.2, 0.25) is 0 Å². The van der Waals surface area contributed by atoms with Gasteiger partial charge in [-0.2, -0.15) is 11.8 Å². The third-order valence-corrected chi connectivity index (χ3v) is 13.1. The number of aliphatic hydroxyl groups excluding tert-OH is 1. The number of thioether (sulfide) groups is 1. The third-order valence-electron chi connectivity index (χ3n) is 12.4. The summed E-state index contributed by atoms with van der Waals surface area (Å²) in [5.41, 5.74) is 17.5. The molecule has 0 unspecified atom stereocenters. The number of aromatic nitrogens is 2. The predicted molar refractivity (Wildman–Crippen MR) is 281 cm³/mol. The highest BCUT2D eigenvalue weighted by Crippen LogP contribution is 2.22. The number of hydrogen-bond acceptors (Lipinski definition) is 17. The van der Waals surface area contributed by atoms with Gasteiger partial charge < -0.3 is 84.7 Å². The minimum absolute atomic E-state index is 0.0000995. The number of primary amides is 2. The normalized spacial score (nSPS) is 16.5. The molecule has 18 N–H and O–H groups in total. The van der Waals surface area contributed by atoms with Crippen molar-refractivity contribution in [2.24, 2.45) is 23.1 Å². The van der Waals surface area contributed by atoms with Gasteiger partial charge in [-0.3, -0.25) is 52.7 Å². The maximum Gasteiger partial charge on any atom is 0.328 e. The topological polar surface area (TPSA) is 480 Å². The van der Waals surface area contributed by atoms with E-state index in [1.807, 2.05) is 11.6 Å². The Bertz CT molecular complexity index is 2460. The van der Waals surface area contributed by atoms with E-state index in [1.54, 1.807) is 13.8 Å². The van der Waals surface area contributed by atoms with E-state index in [0.717, 1.165) is 11.8 Å². The molecule has 0 spiro atoms. The van der Waals surface area contributed by atoms with Crippen molar-refractivity contribution in [1.82, 2.24) is 52.1 Å². The number of benzene rings is 1. The molecule has 0 bridgehead atoms. The van der Waals surface area contributed by atoms with Crippen LogP contribution >= 0.6 is 11.8 Å². The number of carbonyl (C=O) groups is 12. The summed E-state index contributed by atoms with van der Waals surface area (Å²) in [6, 6.07) is -8.09. The van der Waals surface area contributed by atoms with Gasteiger partial charge in [-0.15, -0.1) is 0 Å². The van der Waals surface area contributed by atoms with Gasteiger partial charge in [-0.25, -0.2) is 9.78 Å². The summed E-state index contributed by atoms with van der Waals surface area (Å²) < 4.78 is 0. The van der Waals surface area contributed by atoms with Crippen LogP contribution in [0.15, 0.2) is 36.8 Å². The summed E-state index contributed by atoms with van der Waals surface area (Å²) in [5, 5.41) is 56.2. The first-order chi connectivity index (χ1) is 37.2. The molecule has 29 nitrogen and oxygen atoms in total. The van der Waals surface area contributed by atoms with E-state index in [0.29, 0.717) is 17.0 Å². The van der Waals surface area contributed by atoms with Gasteiger partial charge in [0, 0.05) is 44.1 Å². The number of nitrogens with one attached hydrogen (secondary N) is 8. The second-order valence-electron chi connectivity index (χ2n) is 19.4. The highest BCUT2D eigenvalue weighted by Gasteiger charge is 2.41. The summed E-state index contributed by atoms with van der Waals surface area (Å²) in [7, 11) is 0. The lowest BCUT2D eigenvalue weighted by Crippen LogP contribution is -2.61. The number of aromatic amines is 1. The molecule has 79 heavy (non-hydrogen) atoms. The number of imidazole rings is 1. The molecule has 1 aliphatic rings. The third kappa shape index (κ3) is 22.2. The van der Waals surface area contributed by atoms with E-state index >= 15 is 0 Å². The van der Waals surface area contributed by atoms with Crippen LogP contribution in [0.3, 0.4) is 0 Å². The number of hydrogen-bond donors (Lipinski definition) is 15. The van der Waals surface area contributed by atoms with Gasteiger partial charge in [-0.1, -0.05) is 26.0 Å². The number of likely N-dealkylation sites (tertiary alicyclic amines) is 1. The van der Waals surface area contributed by atoms with Gasteiger partial charge in [-0.05, 0) is 81.1 Å². The van der Waals surface area contributed by atoms with Crippen LogP contribution in [-0.2, 0) is 70.4 Å². The van der Waals surface area contributed by atoms with E-state index in [9.17, 15) is 78.0 Å². The zero-order chi connectivity index (χ0) is 59.1. The van der Waals surface area contributed by atoms with Gasteiger partial charge in [0.15, 0.2) is 6.04 Å². The number of aliphatic hydroxyl groups is 1. The minimum Gasteiger partial charge on any atom is -0.508 e. The molecule has 0 saturated carbocycles. The lowest BCUT2D eigenvalue weighted by Gasteiger charge is -2.31. The lowest BCUT2D eigenvalue weighted by molar-refractivity contribution is -0.146. The van der Waals surface area contributed by atoms with Crippen molar-refractivity contribution in [3.8, 4) is 5.75 Å². The van der Waals surface area contributed by atoms with Crippen molar-refractivity contribution >= 4 is 82.8 Å². The summed E-state index contributed by atoms with van der Waals surface area (Å²) in [6.07, 6.45) is 0.0974. The largest absolute Gasteiger partial charge is 0.508 e. The maximum atomic E-state index is 14.6. The molecule has 3 rings (SSSR count). The first-order valence-electron chi connectivity index (χ1n) is 25.3. The fourth-order valence-electron chi connectivity index (χ4n) is 8.26. The monoisotopic (exact) mass is 1130 g/mol. The first-order valence-corrected chi connectivity index (χ1v) is 26.7. The Labute approximate surface area is 458 Å². The Kier molecular flexibility index (Phi) is 26.6. The molecule has 1 saturated heterocycles. The van der Waals surface area contributed by atoms with Crippen molar-refractivity contribution in [2.45, 2.75) is 152 Å². The molecule has 1 aromatic carbocycles.